The van der Waals surface area contributed by atoms with Gasteiger partial charge in [-0.2, -0.15) is 0 Å². The van der Waals surface area contributed by atoms with Gasteiger partial charge in [-0.1, -0.05) is 29.4 Å². The summed E-state index contributed by atoms with van der Waals surface area (Å²) >= 11 is 9.09. The number of hydrogen-bond donors (Lipinski definition) is 1. The van der Waals surface area contributed by atoms with E-state index in [9.17, 15) is 4.79 Å². The fraction of sp³-hybridized carbons (Fsp3) is 0.278. The molecule has 0 unspecified atom stereocenters. The molecule has 0 aliphatic rings. The van der Waals surface area contributed by atoms with E-state index in [0.29, 0.717) is 27.4 Å². The van der Waals surface area contributed by atoms with Crippen LogP contribution >= 0.6 is 34.7 Å². The molecule has 0 spiro atoms. The van der Waals surface area contributed by atoms with Crippen LogP contribution in [-0.4, -0.2) is 40.6 Å². The number of rotatable bonds is 8. The highest BCUT2D eigenvalue weighted by atomic mass is 35.5. The number of methoxy groups -OCH3 is 2. The van der Waals surface area contributed by atoms with E-state index in [4.69, 9.17) is 21.1 Å². The van der Waals surface area contributed by atoms with Crippen LogP contribution < -0.4 is 14.8 Å². The number of carbonyl (C=O) groups is 1. The molecule has 0 bridgehead atoms. The number of thiophene rings is 1. The first kappa shape index (κ1) is 20.5. The van der Waals surface area contributed by atoms with Crippen LogP contribution in [-0.2, 0) is 18.3 Å². The minimum Gasteiger partial charge on any atom is -0.495 e. The maximum Gasteiger partial charge on any atom is 0.234 e. The molecular formula is C18H19ClN4O3S2. The summed E-state index contributed by atoms with van der Waals surface area (Å²) < 4.78 is 12.4. The van der Waals surface area contributed by atoms with Crippen LogP contribution in [0.5, 0.6) is 11.5 Å². The van der Waals surface area contributed by atoms with Gasteiger partial charge in [0.1, 0.15) is 17.3 Å². The third kappa shape index (κ3) is 4.78. The zero-order chi connectivity index (χ0) is 20.1. The molecule has 7 nitrogen and oxygen atoms in total. The zero-order valence-corrected chi connectivity index (χ0v) is 18.0. The SMILES string of the molecule is COc1cc(NC(=O)CSc2nnc(Cc3cccs3)n2C)c(OC)cc1Cl. The molecule has 1 aromatic carbocycles. The average Bonchev–Trinajstić information content (AvgIpc) is 3.32. The number of nitrogens with zero attached hydrogens (tertiary/aromatic N) is 3. The highest BCUT2D eigenvalue weighted by molar-refractivity contribution is 7.99. The molecule has 2 aromatic heterocycles. The molecule has 3 rings (SSSR count). The largest absolute Gasteiger partial charge is 0.495 e. The number of anilines is 1. The summed E-state index contributed by atoms with van der Waals surface area (Å²) in [5.41, 5.74) is 0.491. The third-order valence-electron chi connectivity index (χ3n) is 3.92. The first-order valence-corrected chi connectivity index (χ1v) is 10.5. The van der Waals surface area contributed by atoms with Gasteiger partial charge in [-0.3, -0.25) is 4.79 Å². The molecule has 0 radical (unpaired) electrons. The van der Waals surface area contributed by atoms with Gasteiger partial charge in [0.15, 0.2) is 5.16 Å². The lowest BCUT2D eigenvalue weighted by Gasteiger charge is -2.13. The molecule has 0 atom stereocenters. The average molecular weight is 439 g/mol. The van der Waals surface area contributed by atoms with Gasteiger partial charge in [0.2, 0.25) is 5.91 Å². The Balaban J connectivity index is 1.63. The van der Waals surface area contributed by atoms with E-state index in [1.807, 2.05) is 23.1 Å². The van der Waals surface area contributed by atoms with E-state index < -0.39 is 0 Å². The summed E-state index contributed by atoms with van der Waals surface area (Å²) in [5.74, 6) is 1.75. The van der Waals surface area contributed by atoms with E-state index in [1.165, 1.54) is 30.9 Å². The van der Waals surface area contributed by atoms with Crippen LogP contribution in [0.2, 0.25) is 5.02 Å². The van der Waals surface area contributed by atoms with Crippen LogP contribution in [0.3, 0.4) is 0 Å². The number of carbonyl (C=O) groups excluding carboxylic acids is 1. The minimum atomic E-state index is -0.199. The van der Waals surface area contributed by atoms with Crippen molar-refractivity contribution in [3.63, 3.8) is 0 Å². The number of ether oxygens (including phenoxy) is 2. The van der Waals surface area contributed by atoms with Gasteiger partial charge in [0, 0.05) is 30.5 Å². The maximum atomic E-state index is 12.4. The van der Waals surface area contributed by atoms with Crippen molar-refractivity contribution in [2.45, 2.75) is 11.6 Å². The van der Waals surface area contributed by atoms with E-state index >= 15 is 0 Å². The van der Waals surface area contributed by atoms with Crippen molar-refractivity contribution >= 4 is 46.3 Å². The minimum absolute atomic E-state index is 0.180. The predicted octanol–water partition coefficient (Wildman–Crippen LogP) is 3.87. The van der Waals surface area contributed by atoms with Gasteiger partial charge in [-0.05, 0) is 11.4 Å². The third-order valence-corrected chi connectivity index (χ3v) is 6.11. The molecule has 0 fully saturated rings. The van der Waals surface area contributed by atoms with E-state index in [1.54, 1.807) is 23.5 Å². The second-order valence-corrected chi connectivity index (χ2v) is 8.12. The fourth-order valence-corrected chi connectivity index (χ4v) is 4.13. The van der Waals surface area contributed by atoms with Gasteiger partial charge in [0.25, 0.3) is 0 Å². The molecule has 10 heteroatoms. The Labute approximate surface area is 176 Å². The molecule has 0 aliphatic heterocycles. The number of halogens is 1. The van der Waals surface area contributed by atoms with Gasteiger partial charge in [-0.15, -0.1) is 21.5 Å². The monoisotopic (exact) mass is 438 g/mol. The van der Waals surface area contributed by atoms with E-state index in [-0.39, 0.29) is 11.7 Å². The molecule has 0 saturated heterocycles. The van der Waals surface area contributed by atoms with E-state index in [0.717, 1.165) is 12.2 Å². The molecule has 3 aromatic rings. The Morgan fingerprint density at radius 2 is 2.07 bits per heavy atom. The Bertz CT molecular complexity index is 960. The maximum absolute atomic E-state index is 12.4. The van der Waals surface area contributed by atoms with Gasteiger partial charge in [-0.25, -0.2) is 0 Å². The Morgan fingerprint density at radius 3 is 2.75 bits per heavy atom. The zero-order valence-electron chi connectivity index (χ0n) is 15.6. The summed E-state index contributed by atoms with van der Waals surface area (Å²) in [6, 6.07) is 7.30. The first-order valence-electron chi connectivity index (χ1n) is 8.26. The summed E-state index contributed by atoms with van der Waals surface area (Å²) in [6.45, 7) is 0. The van der Waals surface area contributed by atoms with Gasteiger partial charge in [0.05, 0.1) is 30.7 Å². The number of hydrogen-bond acceptors (Lipinski definition) is 7. The normalized spacial score (nSPS) is 10.7. The van der Waals surface area contributed by atoms with Crippen molar-refractivity contribution in [2.24, 2.45) is 7.05 Å². The summed E-state index contributed by atoms with van der Waals surface area (Å²) in [5, 5.41) is 14.4. The van der Waals surface area contributed by atoms with Crippen LogP contribution in [0.25, 0.3) is 0 Å². The molecule has 1 amide bonds. The Morgan fingerprint density at radius 1 is 1.29 bits per heavy atom. The molecule has 148 valence electrons. The molecular weight excluding hydrogens is 420 g/mol. The van der Waals surface area contributed by atoms with Crippen molar-refractivity contribution in [1.82, 2.24) is 14.8 Å². The van der Waals surface area contributed by atoms with Crippen molar-refractivity contribution in [2.75, 3.05) is 25.3 Å². The van der Waals surface area contributed by atoms with Crippen LogP contribution in [0.15, 0.2) is 34.8 Å². The van der Waals surface area contributed by atoms with Crippen molar-refractivity contribution in [3.05, 3.63) is 45.4 Å². The number of benzene rings is 1. The van der Waals surface area contributed by atoms with Gasteiger partial charge < -0.3 is 19.4 Å². The lowest BCUT2D eigenvalue weighted by atomic mass is 10.2. The predicted molar refractivity (Wildman–Crippen MR) is 112 cm³/mol. The smallest absolute Gasteiger partial charge is 0.234 e. The Kier molecular flexibility index (Phi) is 6.82. The second kappa shape index (κ2) is 9.31. The Hall–Kier alpha value is -2.23. The topological polar surface area (TPSA) is 78.3 Å². The highest BCUT2D eigenvalue weighted by Crippen LogP contribution is 2.36. The van der Waals surface area contributed by atoms with Crippen molar-refractivity contribution in [1.29, 1.82) is 0 Å². The number of thioether (sulfide) groups is 1. The van der Waals surface area contributed by atoms with Crippen molar-refractivity contribution in [3.8, 4) is 11.5 Å². The highest BCUT2D eigenvalue weighted by Gasteiger charge is 2.15. The van der Waals surface area contributed by atoms with Crippen LogP contribution in [0.4, 0.5) is 5.69 Å². The molecule has 0 aliphatic carbocycles. The van der Waals surface area contributed by atoms with Crippen molar-refractivity contribution < 1.29 is 14.3 Å². The van der Waals surface area contributed by atoms with Crippen LogP contribution in [0, 0.1) is 0 Å². The standard InChI is InChI=1S/C18H19ClN4O3S2/c1-23-16(7-11-5-4-6-27-11)21-22-18(23)28-10-17(24)20-13-9-14(25-2)12(19)8-15(13)26-3/h4-6,8-9H,7,10H2,1-3H3,(H,20,24). The summed E-state index contributed by atoms with van der Waals surface area (Å²) in [4.78, 5) is 13.6. The first-order chi connectivity index (χ1) is 13.5. The fourth-order valence-electron chi connectivity index (χ4n) is 2.47. The second-order valence-electron chi connectivity index (χ2n) is 5.74. The van der Waals surface area contributed by atoms with Gasteiger partial charge >= 0.3 is 0 Å². The number of amides is 1. The number of nitrogens with one attached hydrogen (secondary N) is 1. The summed E-state index contributed by atoms with van der Waals surface area (Å²) in [7, 11) is 4.92. The quantitative estimate of drug-likeness (QED) is 0.538. The van der Waals surface area contributed by atoms with E-state index in [2.05, 4.69) is 21.6 Å². The molecule has 0 saturated carbocycles. The lowest BCUT2D eigenvalue weighted by molar-refractivity contribution is -0.113. The summed E-state index contributed by atoms with van der Waals surface area (Å²) in [6.07, 6.45) is 0.718. The van der Waals surface area contributed by atoms with Crippen LogP contribution in [0.1, 0.15) is 10.7 Å². The lowest BCUT2D eigenvalue weighted by Crippen LogP contribution is -2.15. The molecule has 2 heterocycles. The molecule has 1 N–H and O–H groups in total. The molecule has 28 heavy (non-hydrogen) atoms. The number of aromatic nitrogens is 3.